The third-order valence-corrected chi connectivity index (χ3v) is 10.4. The lowest BCUT2D eigenvalue weighted by Crippen LogP contribution is -2.56. The van der Waals surface area contributed by atoms with E-state index >= 15 is 0 Å². The lowest BCUT2D eigenvalue weighted by molar-refractivity contribution is -0.162. The number of benzene rings is 1. The van der Waals surface area contributed by atoms with Crippen LogP contribution in [0.1, 0.15) is 65.8 Å². The molecule has 1 aromatic rings. The molecular formula is C26H64O7Si3. The quantitative estimate of drug-likeness (QED) is 0.114. The van der Waals surface area contributed by atoms with Gasteiger partial charge in [0.1, 0.15) is 6.42 Å². The molecule has 1 atom stereocenters. The Hall–Kier alpha value is -1.31. The van der Waals surface area contributed by atoms with Crippen molar-refractivity contribution in [1.29, 1.82) is 0 Å². The van der Waals surface area contributed by atoms with Crippen molar-refractivity contribution in [2.75, 3.05) is 13.6 Å². The van der Waals surface area contributed by atoms with Crippen LogP contribution in [0.3, 0.4) is 0 Å². The van der Waals surface area contributed by atoms with Crippen molar-refractivity contribution in [3.8, 4) is 0 Å². The first-order chi connectivity index (χ1) is 12.8. The summed E-state index contributed by atoms with van der Waals surface area (Å²) in [4.78, 5) is 23.5. The fourth-order valence-electron chi connectivity index (χ4n) is 2.20. The minimum absolute atomic E-state index is 0. The zero-order valence-corrected chi connectivity index (χ0v) is 20.9. The molecule has 1 unspecified atom stereocenters. The number of rotatable bonds is 11. The number of carbonyl (C=O) groups is 2. The van der Waals surface area contributed by atoms with Crippen molar-refractivity contribution in [2.24, 2.45) is 0 Å². The van der Waals surface area contributed by atoms with Crippen molar-refractivity contribution in [2.45, 2.75) is 112 Å². The van der Waals surface area contributed by atoms with Gasteiger partial charge >= 0.3 is 20.5 Å². The summed E-state index contributed by atoms with van der Waals surface area (Å²) in [6.45, 7) is 13.7. The minimum Gasteiger partial charge on any atom is -0.439 e. The Balaban J connectivity index is -0.000000163. The smallest absolute Gasteiger partial charge is 0.361 e. The van der Waals surface area contributed by atoms with Gasteiger partial charge in [0, 0.05) is 0 Å². The monoisotopic (exact) mass is 572 g/mol. The average molecular weight is 573 g/mol. The van der Waals surface area contributed by atoms with Crippen LogP contribution in [0.25, 0.3) is 0 Å². The van der Waals surface area contributed by atoms with Crippen molar-refractivity contribution < 1.29 is 32.0 Å². The molecule has 0 heterocycles. The molecule has 0 fully saturated rings. The van der Waals surface area contributed by atoms with Crippen LogP contribution in [-0.4, -0.2) is 50.7 Å². The van der Waals surface area contributed by atoms with E-state index in [9.17, 15) is 9.59 Å². The van der Waals surface area contributed by atoms with Crippen molar-refractivity contribution >= 4 is 42.3 Å². The molecule has 0 saturated heterocycles. The molecule has 0 saturated carbocycles. The van der Waals surface area contributed by atoms with Gasteiger partial charge in [-0.15, -0.1) is 0 Å². The van der Waals surface area contributed by atoms with Crippen LogP contribution in [-0.2, 0) is 32.0 Å². The number of hydrogen-bond acceptors (Lipinski definition) is 7. The van der Waals surface area contributed by atoms with Gasteiger partial charge in [-0.25, -0.2) is 0 Å². The lowest BCUT2D eigenvalue weighted by Gasteiger charge is -2.33. The number of carbonyl (C=O) groups excluding carboxylic acids is 2. The molecule has 7 nitrogen and oxygen atoms in total. The summed E-state index contributed by atoms with van der Waals surface area (Å²) in [5, 5.41) is 0.955. The van der Waals surface area contributed by atoms with Crippen LogP contribution in [0.4, 0.5) is 0 Å². The van der Waals surface area contributed by atoms with Gasteiger partial charge in [0.2, 0.25) is 0 Å². The van der Waals surface area contributed by atoms with E-state index < -0.39 is 43.6 Å². The van der Waals surface area contributed by atoms with Gasteiger partial charge in [0.25, 0.3) is 0 Å². The maximum Gasteiger partial charge on any atom is 0.361 e. The Labute approximate surface area is 229 Å². The molecule has 0 aromatic heterocycles. The first kappa shape index (κ1) is 55.3. The second-order valence-corrected chi connectivity index (χ2v) is 20.7. The highest BCUT2D eigenvalue weighted by molar-refractivity contribution is 6.89. The number of esters is 2. The predicted octanol–water partition coefficient (Wildman–Crippen LogP) is 8.17. The standard InChI is InChI=1S/C18H32O7Si3.8CH4/c1-26(2,3)23-14-21-17(19)13-18(20)22-15-24-28(7,25-27(4,5)6)16-11-9-8-10-12-16;;;;;;;;/h8-12H,13-15H2,1-7H3;8*1H4. The molecule has 0 aliphatic rings. The lowest BCUT2D eigenvalue weighted by atomic mass is 10.4. The van der Waals surface area contributed by atoms with Gasteiger partial charge in [0.15, 0.2) is 30.2 Å². The van der Waals surface area contributed by atoms with E-state index in [0.717, 1.165) is 5.19 Å². The molecule has 0 radical (unpaired) electrons. The van der Waals surface area contributed by atoms with Gasteiger partial charge in [0.05, 0.1) is 0 Å². The summed E-state index contributed by atoms with van der Waals surface area (Å²) in [7, 11) is -6.43. The second-order valence-electron chi connectivity index (χ2n) is 8.37. The minimum atomic E-state index is -2.76. The summed E-state index contributed by atoms with van der Waals surface area (Å²) >= 11 is 0. The Kier molecular flexibility index (Phi) is 36.9. The van der Waals surface area contributed by atoms with Crippen LogP contribution >= 0.6 is 0 Å². The van der Waals surface area contributed by atoms with E-state index in [2.05, 4.69) is 19.6 Å². The van der Waals surface area contributed by atoms with E-state index in [4.69, 9.17) is 22.4 Å². The Bertz CT molecular complexity index is 645. The SMILES string of the molecule is C.C.C.C.C.C.C.C.C[Si](C)(C)OCOC(=O)CC(=O)OCO[Si](C)(O[Si](C)(C)C)c1ccccc1. The Morgan fingerprint density at radius 3 is 1.36 bits per heavy atom. The molecule has 1 aromatic carbocycles. The van der Waals surface area contributed by atoms with Gasteiger partial charge in [-0.2, -0.15) is 0 Å². The zero-order valence-electron chi connectivity index (χ0n) is 17.9. The van der Waals surface area contributed by atoms with Crippen LogP contribution < -0.4 is 5.19 Å². The van der Waals surface area contributed by atoms with Gasteiger partial charge in [-0.1, -0.05) is 89.7 Å². The molecule has 0 N–H and O–H groups in total. The molecule has 0 spiro atoms. The molecule has 0 bridgehead atoms. The highest BCUT2D eigenvalue weighted by Crippen LogP contribution is 2.16. The molecule has 0 aliphatic heterocycles. The van der Waals surface area contributed by atoms with E-state index in [1.807, 2.05) is 56.5 Å². The van der Waals surface area contributed by atoms with E-state index in [1.165, 1.54) is 0 Å². The normalized spacial score (nSPS) is 11.1. The topological polar surface area (TPSA) is 80.3 Å². The number of ether oxygens (including phenoxy) is 2. The van der Waals surface area contributed by atoms with E-state index in [1.54, 1.807) is 0 Å². The van der Waals surface area contributed by atoms with E-state index in [0.29, 0.717) is 0 Å². The Morgan fingerprint density at radius 2 is 1.00 bits per heavy atom. The first-order valence-electron chi connectivity index (χ1n) is 9.16. The molecule has 0 amide bonds. The molecule has 1 rings (SSSR count). The second kappa shape index (κ2) is 24.1. The fourth-order valence-corrected chi connectivity index (χ4v) is 9.24. The molecule has 222 valence electrons. The molecule has 0 aliphatic carbocycles. The summed E-state index contributed by atoms with van der Waals surface area (Å²) in [6.07, 6.45) is -0.489. The first-order valence-corrected chi connectivity index (χ1v) is 18.3. The maximum absolute atomic E-state index is 11.9. The van der Waals surface area contributed by atoms with Crippen LogP contribution in [0.15, 0.2) is 30.3 Å². The van der Waals surface area contributed by atoms with Crippen LogP contribution in [0, 0.1) is 0 Å². The van der Waals surface area contributed by atoms with Gasteiger partial charge < -0.3 is 22.4 Å². The summed E-state index contributed by atoms with van der Waals surface area (Å²) in [5.41, 5.74) is 0. The van der Waals surface area contributed by atoms with Crippen LogP contribution in [0.5, 0.6) is 0 Å². The number of hydrogen-bond donors (Lipinski definition) is 0. The molecule has 36 heavy (non-hydrogen) atoms. The largest absolute Gasteiger partial charge is 0.439 e. The van der Waals surface area contributed by atoms with Gasteiger partial charge in [-0.05, 0) is 51.0 Å². The molecule has 10 heteroatoms. The average Bonchev–Trinajstić information content (AvgIpc) is 2.52. The zero-order chi connectivity index (χ0) is 21.4. The molecular weight excluding hydrogens is 509 g/mol. The predicted molar refractivity (Wildman–Crippen MR) is 168 cm³/mol. The third kappa shape index (κ3) is 24.4. The van der Waals surface area contributed by atoms with E-state index in [-0.39, 0.29) is 73.0 Å². The highest BCUT2D eigenvalue weighted by atomic mass is 28.4. The van der Waals surface area contributed by atoms with Crippen molar-refractivity contribution in [3.05, 3.63) is 30.3 Å². The summed E-state index contributed by atoms with van der Waals surface area (Å²) in [6, 6.07) is 9.66. The van der Waals surface area contributed by atoms with Crippen molar-refractivity contribution in [3.63, 3.8) is 0 Å². The third-order valence-electron chi connectivity index (χ3n) is 3.35. The maximum atomic E-state index is 11.9. The highest BCUT2D eigenvalue weighted by Gasteiger charge is 2.39. The summed E-state index contributed by atoms with van der Waals surface area (Å²) in [5.74, 6) is -1.40. The fraction of sp³-hybridized carbons (Fsp3) is 0.692. The van der Waals surface area contributed by atoms with Crippen molar-refractivity contribution in [1.82, 2.24) is 0 Å². The van der Waals surface area contributed by atoms with Crippen LogP contribution in [0.2, 0.25) is 45.8 Å². The Morgan fingerprint density at radius 1 is 0.611 bits per heavy atom. The summed E-state index contributed by atoms with van der Waals surface area (Å²) < 4.78 is 27.6. The van der Waals surface area contributed by atoms with Gasteiger partial charge in [-0.3, -0.25) is 9.59 Å².